The quantitative estimate of drug-likeness (QED) is 0.298. The summed E-state index contributed by atoms with van der Waals surface area (Å²) in [5.41, 5.74) is 3.55. The number of benzene rings is 3. The van der Waals surface area contributed by atoms with Gasteiger partial charge in [-0.1, -0.05) is 54.6 Å². The summed E-state index contributed by atoms with van der Waals surface area (Å²) in [6.45, 7) is 3.90. The van der Waals surface area contributed by atoms with Gasteiger partial charge in [0, 0.05) is 31.3 Å². The molecule has 1 saturated heterocycles. The SMILES string of the molecule is Fc1ccc(CNC(c2ccc(F)cc2)C2CCN(CCc3ccccc3)CC2)cc1.O=C(O)/C=C/C(=O)O. The van der Waals surface area contributed by atoms with Gasteiger partial charge in [0.15, 0.2) is 0 Å². The van der Waals surface area contributed by atoms with Crippen LogP contribution in [-0.2, 0) is 22.6 Å². The van der Waals surface area contributed by atoms with Crippen LogP contribution < -0.4 is 5.32 Å². The normalized spacial score (nSPS) is 14.9. The van der Waals surface area contributed by atoms with Gasteiger partial charge in [-0.05, 0) is 79.2 Å². The highest BCUT2D eigenvalue weighted by Crippen LogP contribution is 2.31. The summed E-state index contributed by atoms with van der Waals surface area (Å²) in [5.74, 6) is -2.46. The van der Waals surface area contributed by atoms with Crippen LogP contribution in [0.25, 0.3) is 0 Å². The summed E-state index contributed by atoms with van der Waals surface area (Å²) in [5, 5.41) is 19.3. The fourth-order valence-electron chi connectivity index (χ4n) is 4.64. The number of piperidine rings is 1. The Kier molecular flexibility index (Phi) is 11.8. The predicted octanol–water partition coefficient (Wildman–Crippen LogP) is 5.46. The number of carboxylic acids is 2. The number of carbonyl (C=O) groups is 2. The molecule has 39 heavy (non-hydrogen) atoms. The van der Waals surface area contributed by atoms with Crippen molar-refractivity contribution in [3.05, 3.63) is 119 Å². The third-order valence-electron chi connectivity index (χ3n) is 6.70. The van der Waals surface area contributed by atoms with Crippen LogP contribution in [0, 0.1) is 17.6 Å². The minimum atomic E-state index is -1.26. The van der Waals surface area contributed by atoms with Gasteiger partial charge in [0.2, 0.25) is 0 Å². The fourth-order valence-corrected chi connectivity index (χ4v) is 4.64. The molecule has 206 valence electrons. The van der Waals surface area contributed by atoms with E-state index in [1.165, 1.54) is 29.8 Å². The number of carboxylic acid groups (broad SMARTS) is 2. The van der Waals surface area contributed by atoms with Crippen LogP contribution in [0.15, 0.2) is 91.0 Å². The Balaban J connectivity index is 0.000000459. The smallest absolute Gasteiger partial charge is 0.328 e. The first kappa shape index (κ1) is 29.7. The molecule has 1 fully saturated rings. The van der Waals surface area contributed by atoms with Crippen LogP contribution in [0.4, 0.5) is 8.78 Å². The summed E-state index contributed by atoms with van der Waals surface area (Å²) in [7, 11) is 0. The van der Waals surface area contributed by atoms with E-state index >= 15 is 0 Å². The monoisotopic (exact) mass is 536 g/mol. The van der Waals surface area contributed by atoms with E-state index in [9.17, 15) is 18.4 Å². The maximum atomic E-state index is 13.5. The molecule has 6 nitrogen and oxygen atoms in total. The lowest BCUT2D eigenvalue weighted by molar-refractivity contribution is -0.134. The van der Waals surface area contributed by atoms with E-state index < -0.39 is 11.9 Å². The molecule has 0 aromatic heterocycles. The molecule has 1 atom stereocenters. The summed E-state index contributed by atoms with van der Waals surface area (Å²) in [6, 6.07) is 24.3. The van der Waals surface area contributed by atoms with Gasteiger partial charge in [0.1, 0.15) is 11.6 Å². The average Bonchev–Trinajstić information content (AvgIpc) is 2.94. The molecule has 3 aromatic rings. The van der Waals surface area contributed by atoms with Crippen LogP contribution in [0.5, 0.6) is 0 Å². The number of likely N-dealkylation sites (tertiary alicyclic amines) is 1. The molecule has 3 aromatic carbocycles. The van der Waals surface area contributed by atoms with Gasteiger partial charge in [-0.2, -0.15) is 0 Å². The Morgan fingerprint density at radius 1 is 0.821 bits per heavy atom. The van der Waals surface area contributed by atoms with Crippen molar-refractivity contribution >= 4 is 11.9 Å². The van der Waals surface area contributed by atoms with Gasteiger partial charge in [0.25, 0.3) is 0 Å². The number of nitrogens with zero attached hydrogens (tertiary/aromatic N) is 1. The second-order valence-electron chi connectivity index (χ2n) is 9.46. The number of hydrogen-bond acceptors (Lipinski definition) is 4. The van der Waals surface area contributed by atoms with Gasteiger partial charge in [-0.25, -0.2) is 18.4 Å². The molecule has 0 amide bonds. The van der Waals surface area contributed by atoms with Gasteiger partial charge in [0.05, 0.1) is 0 Å². The van der Waals surface area contributed by atoms with E-state index in [1.54, 1.807) is 0 Å². The predicted molar refractivity (Wildman–Crippen MR) is 146 cm³/mol. The number of nitrogens with one attached hydrogen (secondary N) is 1. The molecular weight excluding hydrogens is 502 g/mol. The number of aliphatic carboxylic acids is 2. The first-order chi connectivity index (χ1) is 18.8. The van der Waals surface area contributed by atoms with E-state index in [4.69, 9.17) is 10.2 Å². The molecular formula is C31H34F2N2O4. The zero-order chi connectivity index (χ0) is 28.0. The first-order valence-electron chi connectivity index (χ1n) is 12.9. The molecule has 1 aliphatic rings. The van der Waals surface area contributed by atoms with Crippen molar-refractivity contribution in [3.8, 4) is 0 Å². The van der Waals surface area contributed by atoms with Crippen LogP contribution in [0.1, 0.15) is 35.6 Å². The Labute approximate surface area is 227 Å². The lowest BCUT2D eigenvalue weighted by atomic mass is 9.85. The third-order valence-corrected chi connectivity index (χ3v) is 6.70. The molecule has 4 rings (SSSR count). The summed E-state index contributed by atoms with van der Waals surface area (Å²) >= 11 is 0. The van der Waals surface area contributed by atoms with E-state index in [2.05, 4.69) is 40.5 Å². The maximum absolute atomic E-state index is 13.5. The summed E-state index contributed by atoms with van der Waals surface area (Å²) < 4.78 is 26.7. The molecule has 1 aliphatic heterocycles. The van der Waals surface area contributed by atoms with E-state index in [0.717, 1.165) is 50.0 Å². The highest BCUT2D eigenvalue weighted by atomic mass is 19.1. The highest BCUT2D eigenvalue weighted by Gasteiger charge is 2.27. The van der Waals surface area contributed by atoms with E-state index in [1.807, 2.05) is 24.3 Å². The minimum Gasteiger partial charge on any atom is -0.478 e. The second-order valence-corrected chi connectivity index (χ2v) is 9.46. The van der Waals surface area contributed by atoms with Crippen LogP contribution >= 0.6 is 0 Å². The van der Waals surface area contributed by atoms with E-state index in [-0.39, 0.29) is 17.7 Å². The zero-order valence-corrected chi connectivity index (χ0v) is 21.7. The third kappa shape index (κ3) is 10.8. The van der Waals surface area contributed by atoms with Gasteiger partial charge < -0.3 is 20.4 Å². The second kappa shape index (κ2) is 15.5. The molecule has 0 spiro atoms. The van der Waals surface area contributed by atoms with Crippen molar-refractivity contribution in [2.24, 2.45) is 5.92 Å². The Bertz CT molecular complexity index is 1180. The van der Waals surface area contributed by atoms with Crippen LogP contribution in [0.3, 0.4) is 0 Å². The molecule has 1 heterocycles. The number of hydrogen-bond donors (Lipinski definition) is 3. The van der Waals surface area contributed by atoms with Gasteiger partial charge in [-0.15, -0.1) is 0 Å². The minimum absolute atomic E-state index is 0.155. The highest BCUT2D eigenvalue weighted by molar-refractivity contribution is 5.89. The van der Waals surface area contributed by atoms with Crippen molar-refractivity contribution in [2.45, 2.75) is 31.8 Å². The largest absolute Gasteiger partial charge is 0.478 e. The molecule has 1 unspecified atom stereocenters. The van der Waals surface area contributed by atoms with Crippen molar-refractivity contribution in [2.75, 3.05) is 19.6 Å². The molecule has 0 aliphatic carbocycles. The lowest BCUT2D eigenvalue weighted by Gasteiger charge is -2.37. The van der Waals surface area contributed by atoms with Gasteiger partial charge >= 0.3 is 11.9 Å². The molecule has 0 radical (unpaired) electrons. The molecule has 0 saturated carbocycles. The molecule has 0 bridgehead atoms. The summed E-state index contributed by atoms with van der Waals surface area (Å²) in [4.78, 5) is 21.7. The van der Waals surface area contributed by atoms with Crippen LogP contribution in [-0.4, -0.2) is 46.7 Å². The van der Waals surface area contributed by atoms with E-state index in [0.29, 0.717) is 24.6 Å². The summed E-state index contributed by atoms with van der Waals surface area (Å²) in [6.07, 6.45) is 4.40. The van der Waals surface area contributed by atoms with Crippen molar-refractivity contribution in [1.82, 2.24) is 10.2 Å². The zero-order valence-electron chi connectivity index (χ0n) is 21.7. The maximum Gasteiger partial charge on any atom is 0.328 e. The molecule has 3 N–H and O–H groups in total. The Morgan fingerprint density at radius 3 is 1.90 bits per heavy atom. The van der Waals surface area contributed by atoms with Crippen molar-refractivity contribution in [3.63, 3.8) is 0 Å². The first-order valence-corrected chi connectivity index (χ1v) is 12.9. The number of halogens is 2. The van der Waals surface area contributed by atoms with Crippen molar-refractivity contribution < 1.29 is 28.6 Å². The lowest BCUT2D eigenvalue weighted by Crippen LogP contribution is -2.39. The van der Waals surface area contributed by atoms with Crippen molar-refractivity contribution in [1.29, 1.82) is 0 Å². The standard InChI is InChI=1S/C27H30F2N2.C4H4O4/c28-25-10-6-22(7-11-25)20-30-27(23-8-12-26(29)13-9-23)24-15-18-31(19-16-24)17-14-21-4-2-1-3-5-21;5-3(6)1-2-4(7)8/h1-13,24,27,30H,14-20H2;1-2H,(H,5,6)(H,7,8)/b;2-1+. The topological polar surface area (TPSA) is 89.9 Å². The van der Waals surface area contributed by atoms with Gasteiger partial charge in [-0.3, -0.25) is 0 Å². The van der Waals surface area contributed by atoms with Crippen LogP contribution in [0.2, 0.25) is 0 Å². The molecule has 8 heteroatoms. The average molecular weight is 537 g/mol. The number of rotatable bonds is 10. The fraction of sp³-hybridized carbons (Fsp3) is 0.290. The Morgan fingerprint density at radius 2 is 1.36 bits per heavy atom. The Hall–Kier alpha value is -3.88.